The zero-order valence-corrected chi connectivity index (χ0v) is 8.81. The van der Waals surface area contributed by atoms with Crippen LogP contribution >= 0.6 is 0 Å². The van der Waals surface area contributed by atoms with Crippen LogP contribution in [0.15, 0.2) is 24.7 Å². The van der Waals surface area contributed by atoms with Crippen molar-refractivity contribution in [3.8, 4) is 5.82 Å². The van der Waals surface area contributed by atoms with E-state index in [9.17, 15) is 0 Å². The van der Waals surface area contributed by atoms with Crippen LogP contribution in [0.25, 0.3) is 5.82 Å². The molecule has 0 saturated heterocycles. The van der Waals surface area contributed by atoms with Gasteiger partial charge in [-0.2, -0.15) is 5.10 Å². The van der Waals surface area contributed by atoms with Crippen LogP contribution in [0.2, 0.25) is 0 Å². The molecule has 78 valence electrons. The van der Waals surface area contributed by atoms with Gasteiger partial charge in [-0.15, -0.1) is 0 Å². The minimum Gasteiger partial charge on any atom is -0.370 e. The summed E-state index contributed by atoms with van der Waals surface area (Å²) < 4.78 is 1.73. The highest BCUT2D eigenvalue weighted by Gasteiger charge is 2.01. The lowest BCUT2D eigenvalue weighted by Crippen LogP contribution is -2.03. The summed E-state index contributed by atoms with van der Waals surface area (Å²) in [5, 5.41) is 7.41. The standard InChI is InChI=1S/C10H13N5/c1-3-11-9-6-10(13-7-12-9)15-5-4-8(2)14-15/h4-7H,3H2,1-2H3,(H,11,12,13). The van der Waals surface area contributed by atoms with Crippen molar-refractivity contribution in [2.45, 2.75) is 13.8 Å². The first-order valence-corrected chi connectivity index (χ1v) is 4.88. The number of aryl methyl sites for hydroxylation is 1. The van der Waals surface area contributed by atoms with Gasteiger partial charge in [-0.25, -0.2) is 14.6 Å². The van der Waals surface area contributed by atoms with Crippen molar-refractivity contribution in [1.29, 1.82) is 0 Å². The molecule has 2 heterocycles. The van der Waals surface area contributed by atoms with Crippen molar-refractivity contribution < 1.29 is 0 Å². The van der Waals surface area contributed by atoms with Crippen molar-refractivity contribution in [2.75, 3.05) is 11.9 Å². The molecule has 2 aromatic rings. The largest absolute Gasteiger partial charge is 0.370 e. The molecule has 1 N–H and O–H groups in total. The average Bonchev–Trinajstić information content (AvgIpc) is 2.66. The Morgan fingerprint density at radius 2 is 2.27 bits per heavy atom. The summed E-state index contributed by atoms with van der Waals surface area (Å²) in [6, 6.07) is 3.81. The number of nitrogens with zero attached hydrogens (tertiary/aromatic N) is 4. The fraction of sp³-hybridized carbons (Fsp3) is 0.300. The first-order chi connectivity index (χ1) is 7.29. The second-order valence-electron chi connectivity index (χ2n) is 3.19. The molecule has 0 aliphatic heterocycles. The smallest absolute Gasteiger partial charge is 0.158 e. The van der Waals surface area contributed by atoms with Gasteiger partial charge in [0.05, 0.1) is 5.69 Å². The summed E-state index contributed by atoms with van der Waals surface area (Å²) in [4.78, 5) is 8.25. The molecule has 0 aliphatic rings. The van der Waals surface area contributed by atoms with E-state index < -0.39 is 0 Å². The molecule has 5 heteroatoms. The Morgan fingerprint density at radius 1 is 1.40 bits per heavy atom. The van der Waals surface area contributed by atoms with Crippen LogP contribution in [0.4, 0.5) is 5.82 Å². The van der Waals surface area contributed by atoms with Crippen LogP contribution in [0.1, 0.15) is 12.6 Å². The van der Waals surface area contributed by atoms with Gasteiger partial charge in [0.15, 0.2) is 5.82 Å². The van der Waals surface area contributed by atoms with Crippen LogP contribution in [-0.4, -0.2) is 26.3 Å². The van der Waals surface area contributed by atoms with E-state index in [2.05, 4.69) is 20.4 Å². The first-order valence-electron chi connectivity index (χ1n) is 4.88. The number of aromatic nitrogens is 4. The van der Waals surface area contributed by atoms with Crippen molar-refractivity contribution in [3.63, 3.8) is 0 Å². The molecule has 0 saturated carbocycles. The molecule has 0 aromatic carbocycles. The fourth-order valence-electron chi connectivity index (χ4n) is 1.29. The predicted molar refractivity (Wildman–Crippen MR) is 58.1 cm³/mol. The van der Waals surface area contributed by atoms with Gasteiger partial charge in [-0.1, -0.05) is 0 Å². The van der Waals surface area contributed by atoms with Crippen molar-refractivity contribution in [2.24, 2.45) is 0 Å². The summed E-state index contributed by atoms with van der Waals surface area (Å²) in [5.41, 5.74) is 0.971. The molecule has 0 aliphatic carbocycles. The Bertz CT molecular complexity index is 449. The summed E-state index contributed by atoms with van der Waals surface area (Å²) in [6.45, 7) is 4.82. The Labute approximate surface area is 88.2 Å². The normalized spacial score (nSPS) is 10.3. The Kier molecular flexibility index (Phi) is 2.62. The molecule has 0 amide bonds. The predicted octanol–water partition coefficient (Wildman–Crippen LogP) is 1.40. The van der Waals surface area contributed by atoms with Crippen LogP contribution in [0.5, 0.6) is 0 Å². The number of nitrogens with one attached hydrogen (secondary N) is 1. The summed E-state index contributed by atoms with van der Waals surface area (Å²) in [7, 11) is 0. The number of hydrogen-bond acceptors (Lipinski definition) is 4. The third-order valence-corrected chi connectivity index (χ3v) is 1.97. The molecule has 2 rings (SSSR count). The van der Waals surface area contributed by atoms with Gasteiger partial charge in [0.25, 0.3) is 0 Å². The molecule has 15 heavy (non-hydrogen) atoms. The lowest BCUT2D eigenvalue weighted by atomic mass is 10.5. The topological polar surface area (TPSA) is 55.6 Å². The van der Waals surface area contributed by atoms with Gasteiger partial charge in [-0.3, -0.25) is 0 Å². The molecule has 0 radical (unpaired) electrons. The van der Waals surface area contributed by atoms with Crippen molar-refractivity contribution in [1.82, 2.24) is 19.7 Å². The fourth-order valence-corrected chi connectivity index (χ4v) is 1.29. The van der Waals surface area contributed by atoms with E-state index in [1.54, 1.807) is 4.68 Å². The molecule has 2 aromatic heterocycles. The Hall–Kier alpha value is -1.91. The van der Waals surface area contributed by atoms with E-state index in [4.69, 9.17) is 0 Å². The lowest BCUT2D eigenvalue weighted by molar-refractivity contribution is 0.826. The van der Waals surface area contributed by atoms with E-state index in [1.807, 2.05) is 32.2 Å². The van der Waals surface area contributed by atoms with Gasteiger partial charge in [0.1, 0.15) is 12.1 Å². The van der Waals surface area contributed by atoms with Gasteiger partial charge in [-0.05, 0) is 19.9 Å². The van der Waals surface area contributed by atoms with Gasteiger partial charge in [0, 0.05) is 18.8 Å². The van der Waals surface area contributed by atoms with E-state index in [0.29, 0.717) is 0 Å². The quantitative estimate of drug-likeness (QED) is 0.819. The molecule has 0 atom stereocenters. The van der Waals surface area contributed by atoms with Crippen LogP contribution < -0.4 is 5.32 Å². The third kappa shape index (κ3) is 2.12. The lowest BCUT2D eigenvalue weighted by Gasteiger charge is -2.04. The second-order valence-corrected chi connectivity index (χ2v) is 3.19. The van der Waals surface area contributed by atoms with Crippen molar-refractivity contribution >= 4 is 5.82 Å². The van der Waals surface area contributed by atoms with Crippen LogP contribution in [0, 0.1) is 6.92 Å². The summed E-state index contributed by atoms with van der Waals surface area (Å²) in [6.07, 6.45) is 3.41. The molecular formula is C10H13N5. The van der Waals surface area contributed by atoms with E-state index in [-0.39, 0.29) is 0 Å². The zero-order valence-electron chi connectivity index (χ0n) is 8.81. The molecular weight excluding hydrogens is 190 g/mol. The minimum atomic E-state index is 0.772. The first kappa shape index (κ1) is 9.64. The second kappa shape index (κ2) is 4.08. The summed E-state index contributed by atoms with van der Waals surface area (Å²) >= 11 is 0. The molecule has 0 unspecified atom stereocenters. The van der Waals surface area contributed by atoms with Gasteiger partial charge in [0.2, 0.25) is 0 Å². The maximum absolute atomic E-state index is 4.28. The monoisotopic (exact) mass is 203 g/mol. The zero-order chi connectivity index (χ0) is 10.7. The van der Waals surface area contributed by atoms with Gasteiger partial charge < -0.3 is 5.32 Å². The van der Waals surface area contributed by atoms with Gasteiger partial charge >= 0.3 is 0 Å². The maximum Gasteiger partial charge on any atom is 0.158 e. The Balaban J connectivity index is 2.32. The molecule has 0 bridgehead atoms. The maximum atomic E-state index is 4.28. The highest BCUT2D eigenvalue weighted by Crippen LogP contribution is 2.08. The highest BCUT2D eigenvalue weighted by atomic mass is 15.3. The van der Waals surface area contributed by atoms with Crippen molar-refractivity contribution in [3.05, 3.63) is 30.4 Å². The average molecular weight is 203 g/mol. The molecule has 0 fully saturated rings. The third-order valence-electron chi connectivity index (χ3n) is 1.97. The van der Waals surface area contributed by atoms with Crippen LogP contribution in [-0.2, 0) is 0 Å². The minimum absolute atomic E-state index is 0.772. The molecule has 0 spiro atoms. The van der Waals surface area contributed by atoms with Crippen LogP contribution in [0.3, 0.4) is 0 Å². The number of anilines is 1. The summed E-state index contributed by atoms with van der Waals surface area (Å²) in [5.74, 6) is 1.59. The molecule has 5 nitrogen and oxygen atoms in total. The van der Waals surface area contributed by atoms with E-state index >= 15 is 0 Å². The number of rotatable bonds is 3. The van der Waals surface area contributed by atoms with E-state index in [1.165, 1.54) is 6.33 Å². The highest BCUT2D eigenvalue weighted by molar-refractivity contribution is 5.39. The van der Waals surface area contributed by atoms with E-state index in [0.717, 1.165) is 23.9 Å². The Morgan fingerprint density at radius 3 is 2.93 bits per heavy atom. The SMILES string of the molecule is CCNc1cc(-n2ccc(C)n2)ncn1. The number of hydrogen-bond donors (Lipinski definition) is 1.